The Morgan fingerprint density at radius 2 is 1.92 bits per heavy atom. The largest absolute Gasteiger partial charge is 0.454 e. The van der Waals surface area contributed by atoms with Crippen LogP contribution in [0.3, 0.4) is 0 Å². The SMILES string of the molecule is CCc1ccc(NC(=O)COC(=O)[C@@H](CCSC)NC(N)=O)cc1. The van der Waals surface area contributed by atoms with Gasteiger partial charge >= 0.3 is 12.0 Å². The highest BCUT2D eigenvalue weighted by Gasteiger charge is 2.21. The Bertz CT molecular complexity index is 563. The minimum Gasteiger partial charge on any atom is -0.454 e. The second-order valence-corrected chi connectivity index (χ2v) is 6.03. The number of benzene rings is 1. The summed E-state index contributed by atoms with van der Waals surface area (Å²) in [5.74, 6) is -0.481. The molecule has 0 aliphatic heterocycles. The zero-order valence-electron chi connectivity index (χ0n) is 13.8. The molecule has 4 N–H and O–H groups in total. The van der Waals surface area contributed by atoms with Crippen LogP contribution in [-0.2, 0) is 20.7 Å². The van der Waals surface area contributed by atoms with Gasteiger partial charge in [0.05, 0.1) is 0 Å². The third-order valence-electron chi connectivity index (χ3n) is 3.20. The molecule has 7 nitrogen and oxygen atoms in total. The second kappa shape index (κ2) is 10.5. The predicted octanol–water partition coefficient (Wildman–Crippen LogP) is 1.52. The van der Waals surface area contributed by atoms with Crippen molar-refractivity contribution in [2.75, 3.05) is 23.9 Å². The Hall–Kier alpha value is -2.22. The normalized spacial score (nSPS) is 11.4. The molecule has 8 heteroatoms. The van der Waals surface area contributed by atoms with Crippen molar-refractivity contribution in [1.29, 1.82) is 0 Å². The first-order valence-electron chi connectivity index (χ1n) is 7.56. The standard InChI is InChI=1S/C16H23N3O4S/c1-3-11-4-6-12(7-5-11)18-14(20)10-23-15(21)13(8-9-24-2)19-16(17)22/h4-7,13H,3,8-10H2,1-2H3,(H,18,20)(H3,17,19,22)/t13-/m1/s1. The maximum absolute atomic E-state index is 11.9. The van der Waals surface area contributed by atoms with Crippen LogP contribution in [-0.4, -0.2) is 42.6 Å². The van der Waals surface area contributed by atoms with Crippen molar-refractivity contribution in [3.63, 3.8) is 0 Å². The van der Waals surface area contributed by atoms with Crippen LogP contribution < -0.4 is 16.4 Å². The average Bonchev–Trinajstić information content (AvgIpc) is 2.56. The molecule has 0 saturated carbocycles. The van der Waals surface area contributed by atoms with E-state index >= 15 is 0 Å². The lowest BCUT2D eigenvalue weighted by molar-refractivity contribution is -0.149. The molecule has 3 amide bonds. The van der Waals surface area contributed by atoms with Crippen molar-refractivity contribution in [3.8, 4) is 0 Å². The first-order valence-corrected chi connectivity index (χ1v) is 8.96. The summed E-state index contributed by atoms with van der Waals surface area (Å²) >= 11 is 1.52. The average molecular weight is 353 g/mol. The van der Waals surface area contributed by atoms with E-state index in [9.17, 15) is 14.4 Å². The monoisotopic (exact) mass is 353 g/mol. The number of thioether (sulfide) groups is 1. The van der Waals surface area contributed by atoms with Gasteiger partial charge in [-0.3, -0.25) is 4.79 Å². The number of hydrogen-bond acceptors (Lipinski definition) is 5. The predicted molar refractivity (Wildman–Crippen MR) is 94.9 cm³/mol. The number of nitrogens with one attached hydrogen (secondary N) is 2. The number of carbonyl (C=O) groups excluding carboxylic acids is 3. The smallest absolute Gasteiger partial charge is 0.329 e. The number of rotatable bonds is 9. The zero-order chi connectivity index (χ0) is 17.9. The van der Waals surface area contributed by atoms with Crippen molar-refractivity contribution in [2.24, 2.45) is 5.73 Å². The molecule has 0 aliphatic carbocycles. The summed E-state index contributed by atoms with van der Waals surface area (Å²) in [5.41, 5.74) is 6.83. The molecule has 24 heavy (non-hydrogen) atoms. The van der Waals surface area contributed by atoms with Gasteiger partial charge in [-0.1, -0.05) is 19.1 Å². The van der Waals surface area contributed by atoms with Gasteiger partial charge in [0.25, 0.3) is 5.91 Å². The quantitative estimate of drug-likeness (QED) is 0.583. The van der Waals surface area contributed by atoms with E-state index in [0.29, 0.717) is 17.9 Å². The van der Waals surface area contributed by atoms with Gasteiger partial charge in [-0.05, 0) is 42.5 Å². The molecule has 0 fully saturated rings. The number of carbonyl (C=O) groups is 3. The molecule has 0 spiro atoms. The first kappa shape index (κ1) is 19.8. The van der Waals surface area contributed by atoms with Gasteiger partial charge in [0.2, 0.25) is 0 Å². The molecule has 0 aliphatic rings. The van der Waals surface area contributed by atoms with E-state index in [-0.39, 0.29) is 0 Å². The van der Waals surface area contributed by atoms with E-state index in [1.165, 1.54) is 11.8 Å². The van der Waals surface area contributed by atoms with Crippen LogP contribution in [0.25, 0.3) is 0 Å². The molecule has 1 aromatic carbocycles. The van der Waals surface area contributed by atoms with Crippen LogP contribution in [0.5, 0.6) is 0 Å². The topological polar surface area (TPSA) is 111 Å². The molecule has 132 valence electrons. The van der Waals surface area contributed by atoms with Gasteiger partial charge in [0, 0.05) is 5.69 Å². The lowest BCUT2D eigenvalue weighted by Crippen LogP contribution is -2.45. The van der Waals surface area contributed by atoms with Crippen molar-refractivity contribution in [1.82, 2.24) is 5.32 Å². The summed E-state index contributed by atoms with van der Waals surface area (Å²) in [4.78, 5) is 34.7. The van der Waals surface area contributed by atoms with Crippen LogP contribution in [0.4, 0.5) is 10.5 Å². The number of esters is 1. The van der Waals surface area contributed by atoms with E-state index in [4.69, 9.17) is 10.5 Å². The minimum absolute atomic E-state index is 0.378. The van der Waals surface area contributed by atoms with Crippen LogP contribution in [0, 0.1) is 0 Å². The third-order valence-corrected chi connectivity index (χ3v) is 3.85. The number of hydrogen-bond donors (Lipinski definition) is 3. The van der Waals surface area contributed by atoms with Crippen molar-refractivity contribution < 1.29 is 19.1 Å². The number of nitrogens with two attached hydrogens (primary N) is 1. The molecule has 1 rings (SSSR count). The lowest BCUT2D eigenvalue weighted by atomic mass is 10.1. The van der Waals surface area contributed by atoms with Crippen molar-refractivity contribution in [3.05, 3.63) is 29.8 Å². The highest BCUT2D eigenvalue weighted by Crippen LogP contribution is 2.10. The van der Waals surface area contributed by atoms with Crippen molar-refractivity contribution >= 4 is 35.4 Å². The minimum atomic E-state index is -0.855. The summed E-state index contributed by atoms with van der Waals surface area (Å²) in [5, 5.41) is 4.96. The Kier molecular flexibility index (Phi) is 8.70. The van der Waals surface area contributed by atoms with E-state index in [1.54, 1.807) is 12.1 Å². The van der Waals surface area contributed by atoms with E-state index in [2.05, 4.69) is 10.6 Å². The van der Waals surface area contributed by atoms with Crippen LogP contribution >= 0.6 is 11.8 Å². The van der Waals surface area contributed by atoms with Gasteiger partial charge in [0.15, 0.2) is 6.61 Å². The third kappa shape index (κ3) is 7.36. The molecule has 0 radical (unpaired) electrons. The summed E-state index contributed by atoms with van der Waals surface area (Å²) in [6.07, 6.45) is 3.17. The van der Waals surface area contributed by atoms with Gasteiger partial charge in [-0.15, -0.1) is 0 Å². The van der Waals surface area contributed by atoms with E-state index < -0.39 is 30.6 Å². The molecule has 0 bridgehead atoms. The molecule has 1 aromatic rings. The zero-order valence-corrected chi connectivity index (χ0v) is 14.7. The van der Waals surface area contributed by atoms with Crippen LogP contribution in [0.1, 0.15) is 18.9 Å². The van der Waals surface area contributed by atoms with Crippen LogP contribution in [0.2, 0.25) is 0 Å². The summed E-state index contributed by atoms with van der Waals surface area (Å²) in [7, 11) is 0. The van der Waals surface area contributed by atoms with E-state index in [0.717, 1.165) is 12.0 Å². The Morgan fingerprint density at radius 1 is 1.25 bits per heavy atom. The fourth-order valence-corrected chi connectivity index (χ4v) is 2.39. The highest BCUT2D eigenvalue weighted by molar-refractivity contribution is 7.98. The number of urea groups is 1. The fourth-order valence-electron chi connectivity index (χ4n) is 1.91. The lowest BCUT2D eigenvalue weighted by Gasteiger charge is -2.15. The van der Waals surface area contributed by atoms with E-state index in [1.807, 2.05) is 25.3 Å². The summed E-state index contributed by atoms with van der Waals surface area (Å²) in [6, 6.07) is 5.74. The molecule has 1 atom stereocenters. The van der Waals surface area contributed by atoms with Crippen molar-refractivity contribution in [2.45, 2.75) is 25.8 Å². The second-order valence-electron chi connectivity index (χ2n) is 5.05. The molecule has 0 unspecified atom stereocenters. The number of anilines is 1. The van der Waals surface area contributed by atoms with Crippen LogP contribution in [0.15, 0.2) is 24.3 Å². The van der Waals surface area contributed by atoms with Gasteiger partial charge in [-0.2, -0.15) is 11.8 Å². The number of primary amides is 1. The molecule has 0 aromatic heterocycles. The van der Waals surface area contributed by atoms with Gasteiger partial charge in [-0.25, -0.2) is 9.59 Å². The Labute approximate surface area is 145 Å². The highest BCUT2D eigenvalue weighted by atomic mass is 32.2. The Morgan fingerprint density at radius 3 is 2.46 bits per heavy atom. The van der Waals surface area contributed by atoms with Gasteiger partial charge < -0.3 is 21.1 Å². The number of amides is 3. The first-order chi connectivity index (χ1) is 11.5. The molecule has 0 heterocycles. The summed E-state index contributed by atoms with van der Waals surface area (Å²) < 4.78 is 4.95. The maximum Gasteiger partial charge on any atom is 0.329 e. The summed E-state index contributed by atoms with van der Waals surface area (Å²) in [6.45, 7) is 1.62. The molecular formula is C16H23N3O4S. The number of ether oxygens (including phenoxy) is 1. The Balaban J connectivity index is 2.47. The fraction of sp³-hybridized carbons (Fsp3) is 0.438. The molecular weight excluding hydrogens is 330 g/mol. The molecule has 0 saturated heterocycles. The number of aryl methyl sites for hydroxylation is 1. The van der Waals surface area contributed by atoms with Gasteiger partial charge in [0.1, 0.15) is 6.04 Å². The maximum atomic E-state index is 11.9.